The predicted molar refractivity (Wildman–Crippen MR) is 137 cm³/mol. The summed E-state index contributed by atoms with van der Waals surface area (Å²) in [6, 6.07) is 17.2. The zero-order chi connectivity index (χ0) is 26.0. The first-order valence-electron chi connectivity index (χ1n) is 11.7. The minimum Gasteiger partial charge on any atom is -0.507 e. The first kappa shape index (κ1) is 25.0. The third-order valence-electron chi connectivity index (χ3n) is 6.36. The zero-order valence-electron chi connectivity index (χ0n) is 21.1. The van der Waals surface area contributed by atoms with Gasteiger partial charge in [-0.25, -0.2) is 0 Å². The first-order valence-corrected chi connectivity index (χ1v) is 11.7. The molecule has 0 saturated carbocycles. The molecular weight excluding hydrogens is 456 g/mol. The van der Waals surface area contributed by atoms with Crippen LogP contribution in [-0.2, 0) is 21.5 Å². The number of carbonyl (C=O) groups excluding carboxylic acids is 2. The summed E-state index contributed by atoms with van der Waals surface area (Å²) < 4.78 is 11.0. The smallest absolute Gasteiger partial charge is 0.296 e. The van der Waals surface area contributed by atoms with Gasteiger partial charge < -0.3 is 19.5 Å². The summed E-state index contributed by atoms with van der Waals surface area (Å²) in [4.78, 5) is 32.6. The Morgan fingerprint density at radius 3 is 2.31 bits per heavy atom. The molecule has 2 heterocycles. The lowest BCUT2D eigenvalue weighted by atomic mass is 9.85. The largest absolute Gasteiger partial charge is 0.507 e. The molecule has 0 radical (unpaired) electrons. The number of carbonyl (C=O) groups is 2. The van der Waals surface area contributed by atoms with Crippen molar-refractivity contribution in [2.24, 2.45) is 0 Å². The summed E-state index contributed by atoms with van der Waals surface area (Å²) >= 11 is 0. The van der Waals surface area contributed by atoms with Gasteiger partial charge in [0.2, 0.25) is 0 Å². The standard InChI is InChI=1S/C29H30N2O5/c1-29(2,3)19-13-14-23(36-5)20(16-19)26(32)24-25(21-11-8-9-15-30-21)31(28(34)27(24)33)17-18-10-6-7-12-22(18)35-4/h6-16,25,32H,17H2,1-5H3/b26-24+. The van der Waals surface area contributed by atoms with Crippen molar-refractivity contribution in [3.8, 4) is 11.5 Å². The van der Waals surface area contributed by atoms with Crippen LogP contribution in [-0.4, -0.2) is 40.9 Å². The predicted octanol–water partition coefficient (Wildman–Crippen LogP) is 5.02. The van der Waals surface area contributed by atoms with E-state index in [1.165, 1.54) is 12.0 Å². The number of para-hydroxylation sites is 1. The SMILES string of the molecule is COc1ccccc1CN1C(=O)C(=O)/C(=C(/O)c2cc(C(C)(C)C)ccc2OC)C1c1ccccn1. The van der Waals surface area contributed by atoms with Gasteiger partial charge in [0.05, 0.1) is 37.6 Å². The van der Waals surface area contributed by atoms with Crippen LogP contribution in [0.1, 0.15) is 49.2 Å². The van der Waals surface area contributed by atoms with E-state index in [-0.39, 0.29) is 23.3 Å². The summed E-state index contributed by atoms with van der Waals surface area (Å²) in [5.41, 5.74) is 2.26. The number of methoxy groups -OCH3 is 2. The van der Waals surface area contributed by atoms with Crippen LogP contribution < -0.4 is 9.47 Å². The maximum Gasteiger partial charge on any atom is 0.296 e. The highest BCUT2D eigenvalue weighted by Gasteiger charge is 2.47. The Labute approximate surface area is 211 Å². The number of benzene rings is 2. The lowest BCUT2D eigenvalue weighted by molar-refractivity contribution is -0.140. The van der Waals surface area contributed by atoms with Crippen LogP contribution in [0.3, 0.4) is 0 Å². The number of hydrogen-bond donors (Lipinski definition) is 1. The number of rotatable bonds is 6. The molecule has 2 aromatic carbocycles. The number of Topliss-reactive ketones (excluding diaryl/α,β-unsaturated/α-hetero) is 1. The third kappa shape index (κ3) is 4.56. The fourth-order valence-electron chi connectivity index (χ4n) is 4.41. The van der Waals surface area contributed by atoms with Gasteiger partial charge in [-0.2, -0.15) is 0 Å². The van der Waals surface area contributed by atoms with Crippen LogP contribution in [0, 0.1) is 0 Å². The minimum absolute atomic E-state index is 0.0297. The topological polar surface area (TPSA) is 89.0 Å². The van der Waals surface area contributed by atoms with Crippen LogP contribution >= 0.6 is 0 Å². The first-order chi connectivity index (χ1) is 17.2. The number of amides is 1. The van der Waals surface area contributed by atoms with Gasteiger partial charge in [-0.15, -0.1) is 0 Å². The fraction of sp³-hybridized carbons (Fsp3) is 0.276. The summed E-state index contributed by atoms with van der Waals surface area (Å²) in [6.07, 6.45) is 1.60. The Balaban J connectivity index is 1.92. The molecule has 7 nitrogen and oxygen atoms in total. The lowest BCUT2D eigenvalue weighted by Crippen LogP contribution is -2.29. The van der Waals surface area contributed by atoms with Gasteiger partial charge in [0.25, 0.3) is 11.7 Å². The Kier molecular flexibility index (Phi) is 6.84. The van der Waals surface area contributed by atoms with Gasteiger partial charge in [-0.05, 0) is 41.3 Å². The van der Waals surface area contributed by atoms with E-state index >= 15 is 0 Å². The summed E-state index contributed by atoms with van der Waals surface area (Å²) in [7, 11) is 3.05. The Bertz CT molecular complexity index is 1320. The molecule has 1 N–H and O–H groups in total. The average molecular weight is 487 g/mol. The van der Waals surface area contributed by atoms with E-state index in [0.717, 1.165) is 11.1 Å². The number of likely N-dealkylation sites (tertiary alicyclic amines) is 1. The Hall–Kier alpha value is -4.13. The van der Waals surface area contributed by atoms with Gasteiger partial charge in [-0.1, -0.05) is 51.1 Å². The molecule has 1 fully saturated rings. The normalized spacial score (nSPS) is 17.4. The Morgan fingerprint density at radius 1 is 0.972 bits per heavy atom. The van der Waals surface area contributed by atoms with Crippen LogP contribution in [0.15, 0.2) is 72.4 Å². The molecular formula is C29H30N2O5. The quantitative estimate of drug-likeness (QED) is 0.299. The molecule has 1 amide bonds. The average Bonchev–Trinajstić information content (AvgIpc) is 3.13. The molecule has 1 atom stereocenters. The van der Waals surface area contributed by atoms with E-state index in [2.05, 4.69) is 25.8 Å². The Morgan fingerprint density at radius 2 is 1.67 bits per heavy atom. The molecule has 0 bridgehead atoms. The second kappa shape index (κ2) is 9.85. The highest BCUT2D eigenvalue weighted by molar-refractivity contribution is 6.46. The molecule has 1 aliphatic rings. The molecule has 1 aromatic heterocycles. The van der Waals surface area contributed by atoms with E-state index in [9.17, 15) is 14.7 Å². The number of aromatic nitrogens is 1. The van der Waals surface area contributed by atoms with Crippen LogP contribution in [0.4, 0.5) is 0 Å². The molecule has 4 rings (SSSR count). The number of ether oxygens (including phenoxy) is 2. The van der Waals surface area contributed by atoms with E-state index in [1.54, 1.807) is 49.7 Å². The highest BCUT2D eigenvalue weighted by atomic mass is 16.5. The lowest BCUT2D eigenvalue weighted by Gasteiger charge is -2.25. The van der Waals surface area contributed by atoms with Crippen molar-refractivity contribution in [3.05, 3.63) is 94.8 Å². The number of ketones is 1. The fourth-order valence-corrected chi connectivity index (χ4v) is 4.41. The highest BCUT2D eigenvalue weighted by Crippen LogP contribution is 2.42. The van der Waals surface area contributed by atoms with Gasteiger partial charge >= 0.3 is 0 Å². The zero-order valence-corrected chi connectivity index (χ0v) is 21.1. The number of pyridine rings is 1. The van der Waals surface area contributed by atoms with Gasteiger partial charge in [0.15, 0.2) is 0 Å². The monoisotopic (exact) mass is 486 g/mol. The van der Waals surface area contributed by atoms with Crippen molar-refractivity contribution in [2.45, 2.75) is 38.8 Å². The van der Waals surface area contributed by atoms with Gasteiger partial charge in [-0.3, -0.25) is 14.6 Å². The molecule has 0 spiro atoms. The number of nitrogens with zero attached hydrogens (tertiary/aromatic N) is 2. The summed E-state index contributed by atoms with van der Waals surface area (Å²) in [5, 5.41) is 11.6. The molecule has 186 valence electrons. The minimum atomic E-state index is -0.890. The van der Waals surface area contributed by atoms with E-state index < -0.39 is 17.7 Å². The number of aliphatic hydroxyl groups is 1. The van der Waals surface area contributed by atoms with Crippen molar-refractivity contribution in [1.82, 2.24) is 9.88 Å². The molecule has 7 heteroatoms. The van der Waals surface area contributed by atoms with Crippen molar-refractivity contribution in [1.29, 1.82) is 0 Å². The molecule has 3 aromatic rings. The molecule has 1 aliphatic heterocycles. The van der Waals surface area contributed by atoms with E-state index in [1.807, 2.05) is 24.3 Å². The maximum atomic E-state index is 13.4. The molecule has 1 unspecified atom stereocenters. The summed E-state index contributed by atoms with van der Waals surface area (Å²) in [6.45, 7) is 6.27. The molecule has 1 saturated heterocycles. The van der Waals surface area contributed by atoms with Crippen molar-refractivity contribution in [2.75, 3.05) is 14.2 Å². The van der Waals surface area contributed by atoms with Crippen LogP contribution in [0.25, 0.3) is 5.76 Å². The van der Waals surface area contributed by atoms with E-state index in [0.29, 0.717) is 22.8 Å². The number of aliphatic hydroxyl groups excluding tert-OH is 1. The second-order valence-corrected chi connectivity index (χ2v) is 9.66. The van der Waals surface area contributed by atoms with Gasteiger partial charge in [0.1, 0.15) is 23.3 Å². The third-order valence-corrected chi connectivity index (χ3v) is 6.36. The second-order valence-electron chi connectivity index (χ2n) is 9.66. The molecule has 0 aliphatic carbocycles. The number of hydrogen-bond acceptors (Lipinski definition) is 6. The maximum absolute atomic E-state index is 13.4. The van der Waals surface area contributed by atoms with E-state index in [4.69, 9.17) is 9.47 Å². The van der Waals surface area contributed by atoms with Crippen LogP contribution in [0.2, 0.25) is 0 Å². The van der Waals surface area contributed by atoms with Crippen molar-refractivity contribution >= 4 is 17.4 Å². The summed E-state index contributed by atoms with van der Waals surface area (Å²) in [5.74, 6) is -0.797. The van der Waals surface area contributed by atoms with Gasteiger partial charge in [0, 0.05) is 11.8 Å². The molecule has 36 heavy (non-hydrogen) atoms. The van der Waals surface area contributed by atoms with Crippen molar-refractivity contribution < 1.29 is 24.2 Å². The van der Waals surface area contributed by atoms with Crippen LogP contribution in [0.5, 0.6) is 11.5 Å². The van der Waals surface area contributed by atoms with Crippen molar-refractivity contribution in [3.63, 3.8) is 0 Å².